The number of rotatable bonds is 3. The standard InChI is InChI=1S/C16H12FN3O4/c1-2-20-13-12(14(21)19-16(20)24)10(15(22)23)7-11(18-13)8-3-5-9(17)6-4-8/h3-7H,2H2,1H3,(H,22,23)(H,19,21,24). The Morgan fingerprint density at radius 2 is 1.96 bits per heavy atom. The summed E-state index contributed by atoms with van der Waals surface area (Å²) < 4.78 is 14.3. The number of hydrogen-bond acceptors (Lipinski definition) is 4. The van der Waals surface area contributed by atoms with Crippen LogP contribution in [0.5, 0.6) is 0 Å². The van der Waals surface area contributed by atoms with E-state index in [0.29, 0.717) is 5.56 Å². The minimum Gasteiger partial charge on any atom is -0.478 e. The predicted molar refractivity (Wildman–Crippen MR) is 84.7 cm³/mol. The first kappa shape index (κ1) is 15.6. The van der Waals surface area contributed by atoms with E-state index >= 15 is 0 Å². The smallest absolute Gasteiger partial charge is 0.336 e. The fraction of sp³-hybridized carbons (Fsp3) is 0.125. The molecule has 0 spiro atoms. The van der Waals surface area contributed by atoms with Crippen molar-refractivity contribution in [2.45, 2.75) is 13.5 Å². The first-order valence-electron chi connectivity index (χ1n) is 7.09. The van der Waals surface area contributed by atoms with Crippen molar-refractivity contribution in [2.75, 3.05) is 0 Å². The Hall–Kier alpha value is -3.29. The highest BCUT2D eigenvalue weighted by atomic mass is 19.1. The molecule has 0 aliphatic carbocycles. The summed E-state index contributed by atoms with van der Waals surface area (Å²) in [6, 6.07) is 6.55. The van der Waals surface area contributed by atoms with Gasteiger partial charge in [0.1, 0.15) is 5.82 Å². The normalized spacial score (nSPS) is 10.9. The number of carboxylic acid groups (broad SMARTS) is 1. The Labute approximate surface area is 134 Å². The molecule has 0 radical (unpaired) electrons. The Kier molecular flexibility index (Phi) is 3.72. The number of aromatic amines is 1. The number of aryl methyl sites for hydroxylation is 1. The van der Waals surface area contributed by atoms with Gasteiger partial charge in [0, 0.05) is 12.1 Å². The number of H-pyrrole nitrogens is 1. The maximum Gasteiger partial charge on any atom is 0.336 e. The molecule has 0 saturated heterocycles. The summed E-state index contributed by atoms with van der Waals surface area (Å²) in [6.07, 6.45) is 0. The van der Waals surface area contributed by atoms with Crippen molar-refractivity contribution >= 4 is 17.0 Å². The molecule has 2 heterocycles. The summed E-state index contributed by atoms with van der Waals surface area (Å²) in [7, 11) is 0. The van der Waals surface area contributed by atoms with Crippen molar-refractivity contribution < 1.29 is 14.3 Å². The molecule has 0 aliphatic rings. The quantitative estimate of drug-likeness (QED) is 0.759. The highest BCUT2D eigenvalue weighted by Gasteiger charge is 2.19. The highest BCUT2D eigenvalue weighted by Crippen LogP contribution is 2.23. The van der Waals surface area contributed by atoms with Crippen molar-refractivity contribution in [2.24, 2.45) is 0 Å². The van der Waals surface area contributed by atoms with E-state index in [1.54, 1.807) is 6.92 Å². The second kappa shape index (κ2) is 5.73. The number of nitrogens with zero attached hydrogens (tertiary/aromatic N) is 2. The van der Waals surface area contributed by atoms with Crippen LogP contribution in [0.1, 0.15) is 17.3 Å². The van der Waals surface area contributed by atoms with Gasteiger partial charge in [-0.15, -0.1) is 0 Å². The van der Waals surface area contributed by atoms with Gasteiger partial charge in [0.2, 0.25) is 0 Å². The van der Waals surface area contributed by atoms with Gasteiger partial charge >= 0.3 is 11.7 Å². The average molecular weight is 329 g/mol. The number of carboxylic acids is 1. The van der Waals surface area contributed by atoms with E-state index in [1.165, 1.54) is 34.9 Å². The third kappa shape index (κ3) is 2.47. The third-order valence-corrected chi connectivity index (χ3v) is 3.64. The van der Waals surface area contributed by atoms with Gasteiger partial charge in [-0.1, -0.05) is 0 Å². The van der Waals surface area contributed by atoms with Gasteiger partial charge in [0.15, 0.2) is 5.65 Å². The summed E-state index contributed by atoms with van der Waals surface area (Å²) >= 11 is 0. The van der Waals surface area contributed by atoms with Crippen molar-refractivity contribution in [3.8, 4) is 11.3 Å². The molecule has 0 unspecified atom stereocenters. The van der Waals surface area contributed by atoms with Crippen LogP contribution in [0.15, 0.2) is 39.9 Å². The van der Waals surface area contributed by atoms with Crippen LogP contribution in [-0.2, 0) is 6.54 Å². The van der Waals surface area contributed by atoms with Crippen LogP contribution in [0.25, 0.3) is 22.3 Å². The zero-order valence-corrected chi connectivity index (χ0v) is 12.5. The molecule has 0 atom stereocenters. The van der Waals surface area contributed by atoms with Crippen LogP contribution in [0.2, 0.25) is 0 Å². The van der Waals surface area contributed by atoms with Gasteiger partial charge in [-0.2, -0.15) is 0 Å². The molecule has 24 heavy (non-hydrogen) atoms. The van der Waals surface area contributed by atoms with Crippen LogP contribution in [-0.4, -0.2) is 25.6 Å². The predicted octanol–water partition coefficient (Wildman–Crippen LogP) is 1.61. The first-order chi connectivity index (χ1) is 11.4. The molecule has 0 amide bonds. The summed E-state index contributed by atoms with van der Waals surface area (Å²) in [4.78, 5) is 41.9. The molecule has 0 aliphatic heterocycles. The maximum absolute atomic E-state index is 13.1. The van der Waals surface area contributed by atoms with Gasteiger partial charge in [-0.25, -0.2) is 19.0 Å². The van der Waals surface area contributed by atoms with Gasteiger partial charge < -0.3 is 5.11 Å². The molecule has 3 aromatic rings. The zero-order chi connectivity index (χ0) is 17.4. The summed E-state index contributed by atoms with van der Waals surface area (Å²) in [5.41, 5.74) is -1.08. The lowest BCUT2D eigenvalue weighted by Crippen LogP contribution is -2.31. The average Bonchev–Trinajstić information content (AvgIpc) is 2.54. The van der Waals surface area contributed by atoms with Crippen LogP contribution in [0.4, 0.5) is 4.39 Å². The SMILES string of the molecule is CCn1c(=O)[nH]c(=O)c2c(C(=O)O)cc(-c3ccc(F)cc3)nc21. The lowest BCUT2D eigenvalue weighted by atomic mass is 10.1. The van der Waals surface area contributed by atoms with E-state index in [0.717, 1.165) is 0 Å². The second-order valence-electron chi connectivity index (χ2n) is 5.07. The number of nitrogens with one attached hydrogen (secondary N) is 1. The number of benzene rings is 1. The molecule has 0 bridgehead atoms. The first-order valence-corrected chi connectivity index (χ1v) is 7.09. The molecule has 3 rings (SSSR count). The van der Waals surface area contributed by atoms with Crippen LogP contribution >= 0.6 is 0 Å². The molecular formula is C16H12FN3O4. The van der Waals surface area contributed by atoms with Gasteiger partial charge in [-0.05, 0) is 37.3 Å². The van der Waals surface area contributed by atoms with E-state index in [4.69, 9.17) is 0 Å². The number of pyridine rings is 1. The van der Waals surface area contributed by atoms with E-state index < -0.39 is 23.0 Å². The molecule has 1 aromatic carbocycles. The van der Waals surface area contributed by atoms with Crippen molar-refractivity contribution in [1.29, 1.82) is 0 Å². The van der Waals surface area contributed by atoms with Crippen molar-refractivity contribution in [3.63, 3.8) is 0 Å². The highest BCUT2D eigenvalue weighted by molar-refractivity contribution is 6.02. The molecule has 0 saturated carbocycles. The largest absolute Gasteiger partial charge is 0.478 e. The molecule has 8 heteroatoms. The number of fused-ring (bicyclic) bond motifs is 1. The molecule has 2 N–H and O–H groups in total. The van der Waals surface area contributed by atoms with Crippen LogP contribution in [0, 0.1) is 5.82 Å². The number of aromatic carboxylic acids is 1. The Morgan fingerprint density at radius 3 is 2.54 bits per heavy atom. The number of carbonyl (C=O) groups is 1. The van der Waals surface area contributed by atoms with E-state index in [1.807, 2.05) is 0 Å². The van der Waals surface area contributed by atoms with E-state index in [9.17, 15) is 23.9 Å². The monoisotopic (exact) mass is 329 g/mol. The molecule has 0 fully saturated rings. The number of hydrogen-bond donors (Lipinski definition) is 2. The second-order valence-corrected chi connectivity index (χ2v) is 5.07. The third-order valence-electron chi connectivity index (χ3n) is 3.64. The van der Waals surface area contributed by atoms with Crippen molar-refractivity contribution in [1.82, 2.24) is 14.5 Å². The minimum absolute atomic E-state index is 0.0227. The lowest BCUT2D eigenvalue weighted by molar-refractivity contribution is 0.0699. The van der Waals surface area contributed by atoms with Gasteiger partial charge in [0.25, 0.3) is 5.56 Å². The zero-order valence-electron chi connectivity index (χ0n) is 12.5. The minimum atomic E-state index is -1.32. The van der Waals surface area contributed by atoms with Crippen LogP contribution in [0.3, 0.4) is 0 Å². The molecule has 122 valence electrons. The topological polar surface area (TPSA) is 105 Å². The molecular weight excluding hydrogens is 317 g/mol. The molecule has 2 aromatic heterocycles. The molecule has 7 nitrogen and oxygen atoms in total. The van der Waals surface area contributed by atoms with Crippen molar-refractivity contribution in [3.05, 3.63) is 62.6 Å². The van der Waals surface area contributed by atoms with Crippen LogP contribution < -0.4 is 11.2 Å². The number of halogens is 1. The number of aromatic nitrogens is 3. The summed E-state index contributed by atoms with van der Waals surface area (Å²) in [6.45, 7) is 1.87. The Bertz CT molecular complexity index is 1070. The Morgan fingerprint density at radius 1 is 1.29 bits per heavy atom. The van der Waals surface area contributed by atoms with E-state index in [2.05, 4.69) is 9.97 Å². The summed E-state index contributed by atoms with van der Waals surface area (Å²) in [5, 5.41) is 9.26. The Balaban J connectivity index is 2.46. The van der Waals surface area contributed by atoms with Gasteiger partial charge in [0.05, 0.1) is 16.6 Å². The van der Waals surface area contributed by atoms with E-state index in [-0.39, 0.29) is 28.8 Å². The lowest BCUT2D eigenvalue weighted by Gasteiger charge is -2.10. The fourth-order valence-electron chi connectivity index (χ4n) is 2.50. The maximum atomic E-state index is 13.1. The fourth-order valence-corrected chi connectivity index (χ4v) is 2.50. The van der Waals surface area contributed by atoms with Gasteiger partial charge in [-0.3, -0.25) is 14.3 Å². The summed E-state index contributed by atoms with van der Waals surface area (Å²) in [5.74, 6) is -1.77.